The number of hydrogen-bond acceptors (Lipinski definition) is 7. The summed E-state index contributed by atoms with van der Waals surface area (Å²) in [5.41, 5.74) is 1.61. The van der Waals surface area contributed by atoms with Gasteiger partial charge in [-0.25, -0.2) is 4.79 Å². The number of imidazole rings is 1. The number of aromatic nitrogens is 2. The number of nitrogens with zero attached hydrogens (tertiary/aromatic N) is 4. The molecule has 2 heterocycles. The van der Waals surface area contributed by atoms with Gasteiger partial charge >= 0.3 is 17.2 Å². The number of halogens is 1. The molecule has 1 aromatic heterocycles. The molecular formula is C22H29ClN4O6. The molecule has 0 aliphatic carbocycles. The molecule has 0 unspecified atom stereocenters. The zero-order valence-corrected chi connectivity index (χ0v) is 19.7. The van der Waals surface area contributed by atoms with Crippen molar-refractivity contribution in [1.82, 2.24) is 14.5 Å². The fourth-order valence-electron chi connectivity index (χ4n) is 3.50. The lowest BCUT2D eigenvalue weighted by Crippen LogP contribution is -2.36. The first-order valence-corrected chi connectivity index (χ1v) is 11.2. The van der Waals surface area contributed by atoms with Crippen molar-refractivity contribution in [1.29, 1.82) is 0 Å². The van der Waals surface area contributed by atoms with Crippen molar-refractivity contribution in [2.45, 2.75) is 64.8 Å². The average Bonchev–Trinajstić information content (AvgIpc) is 2.97. The van der Waals surface area contributed by atoms with Crippen LogP contribution in [0.3, 0.4) is 0 Å². The Hall–Kier alpha value is -2.85. The number of aliphatic hydroxyl groups excluding tert-OH is 1. The van der Waals surface area contributed by atoms with Gasteiger partial charge in [-0.15, -0.1) is 0 Å². The van der Waals surface area contributed by atoms with E-state index in [9.17, 15) is 20.0 Å². The van der Waals surface area contributed by atoms with Crippen LogP contribution in [0, 0.1) is 10.1 Å². The lowest BCUT2D eigenvalue weighted by Gasteiger charge is -2.26. The molecule has 0 saturated carbocycles. The number of amides is 1. The van der Waals surface area contributed by atoms with Crippen molar-refractivity contribution < 1.29 is 24.3 Å². The Morgan fingerprint density at radius 1 is 1.36 bits per heavy atom. The third kappa shape index (κ3) is 7.06. The van der Waals surface area contributed by atoms with Gasteiger partial charge in [0.15, 0.2) is 0 Å². The second kappa shape index (κ2) is 10.4. The number of ether oxygens (including phenoxy) is 2. The first kappa shape index (κ1) is 24.8. The molecule has 1 aliphatic rings. The summed E-state index contributed by atoms with van der Waals surface area (Å²) in [6.07, 6.45) is 2.06. The fraction of sp³-hybridized carbons (Fsp3) is 0.545. The molecule has 0 bridgehead atoms. The molecule has 2 aromatic rings. The third-order valence-corrected chi connectivity index (χ3v) is 5.41. The van der Waals surface area contributed by atoms with Gasteiger partial charge in [-0.2, -0.15) is 0 Å². The lowest BCUT2D eigenvalue weighted by atomic mass is 10.0. The monoisotopic (exact) mass is 480 g/mol. The van der Waals surface area contributed by atoms with Gasteiger partial charge in [-0.1, -0.05) is 6.07 Å². The first-order valence-electron chi connectivity index (χ1n) is 10.8. The van der Waals surface area contributed by atoms with Crippen LogP contribution in [-0.4, -0.2) is 55.4 Å². The highest BCUT2D eigenvalue weighted by atomic mass is 35.5. The molecule has 0 fully saturated rings. The Kier molecular flexibility index (Phi) is 7.80. The highest BCUT2D eigenvalue weighted by molar-refractivity contribution is 6.28. The SMILES string of the molecule is CC(C)(C)OC(=O)N1CCCc2cc(OC[C@H](O)CCn3cc([N+](=O)[O-])nc3Cl)ccc2C1. The Labute approximate surface area is 197 Å². The van der Waals surface area contributed by atoms with E-state index in [0.29, 0.717) is 25.3 Å². The number of aryl methyl sites for hydroxylation is 2. The molecule has 1 amide bonds. The highest BCUT2D eigenvalue weighted by Gasteiger charge is 2.25. The molecule has 180 valence electrons. The summed E-state index contributed by atoms with van der Waals surface area (Å²) in [5, 5.41) is 21.0. The first-order chi connectivity index (χ1) is 15.5. The van der Waals surface area contributed by atoms with Crippen molar-refractivity contribution >= 4 is 23.5 Å². The molecule has 0 spiro atoms. The topological polar surface area (TPSA) is 120 Å². The van der Waals surface area contributed by atoms with Gasteiger partial charge in [0.05, 0.1) is 6.10 Å². The minimum Gasteiger partial charge on any atom is -0.491 e. The van der Waals surface area contributed by atoms with Crippen molar-refractivity contribution in [3.63, 3.8) is 0 Å². The van der Waals surface area contributed by atoms with Gasteiger partial charge in [-0.05, 0) is 84.8 Å². The van der Waals surface area contributed by atoms with Gasteiger partial charge in [0.25, 0.3) is 0 Å². The second-order valence-electron chi connectivity index (χ2n) is 9.01. The Balaban J connectivity index is 1.53. The highest BCUT2D eigenvalue weighted by Crippen LogP contribution is 2.25. The van der Waals surface area contributed by atoms with Crippen LogP contribution in [0.4, 0.5) is 10.6 Å². The molecule has 1 aromatic carbocycles. The zero-order chi connectivity index (χ0) is 24.2. The van der Waals surface area contributed by atoms with Gasteiger partial charge in [0, 0.05) is 19.6 Å². The van der Waals surface area contributed by atoms with Gasteiger partial charge in [-0.3, -0.25) is 4.57 Å². The minimum absolute atomic E-state index is 0.000922. The Bertz CT molecular complexity index is 1000. The van der Waals surface area contributed by atoms with Crippen LogP contribution in [0.1, 0.15) is 44.7 Å². The summed E-state index contributed by atoms with van der Waals surface area (Å²) in [4.78, 5) is 28.0. The molecular weight excluding hydrogens is 452 g/mol. The number of carbonyl (C=O) groups excluding carboxylic acids is 1. The van der Waals surface area contributed by atoms with Crippen LogP contribution >= 0.6 is 11.6 Å². The molecule has 3 rings (SSSR count). The summed E-state index contributed by atoms with van der Waals surface area (Å²) in [6, 6.07) is 5.70. The summed E-state index contributed by atoms with van der Waals surface area (Å²) in [6.45, 7) is 6.98. The van der Waals surface area contributed by atoms with Crippen molar-refractivity contribution in [3.8, 4) is 5.75 Å². The number of benzene rings is 1. The molecule has 1 atom stereocenters. The van der Waals surface area contributed by atoms with E-state index in [1.165, 1.54) is 10.8 Å². The van der Waals surface area contributed by atoms with E-state index in [-0.39, 0.29) is 30.3 Å². The van der Waals surface area contributed by atoms with Crippen molar-refractivity contribution in [2.75, 3.05) is 13.2 Å². The number of hydrogen-bond donors (Lipinski definition) is 1. The normalized spacial score (nSPS) is 14.9. The van der Waals surface area contributed by atoms with Gasteiger partial charge in [0.2, 0.25) is 0 Å². The average molecular weight is 481 g/mol. The van der Waals surface area contributed by atoms with Crippen LogP contribution in [0.2, 0.25) is 5.28 Å². The van der Waals surface area contributed by atoms with Crippen LogP contribution < -0.4 is 4.74 Å². The van der Waals surface area contributed by atoms with Crippen LogP contribution in [0.15, 0.2) is 24.4 Å². The maximum absolute atomic E-state index is 12.4. The maximum Gasteiger partial charge on any atom is 0.410 e. The predicted molar refractivity (Wildman–Crippen MR) is 121 cm³/mol. The Morgan fingerprint density at radius 3 is 2.79 bits per heavy atom. The fourth-order valence-corrected chi connectivity index (χ4v) is 3.72. The van der Waals surface area contributed by atoms with E-state index >= 15 is 0 Å². The van der Waals surface area contributed by atoms with E-state index in [1.54, 1.807) is 4.90 Å². The number of aliphatic hydroxyl groups is 1. The number of carbonyl (C=O) groups is 1. The Morgan fingerprint density at radius 2 is 2.12 bits per heavy atom. The molecule has 0 saturated heterocycles. The number of rotatable bonds is 7. The molecule has 11 heteroatoms. The van der Waals surface area contributed by atoms with Gasteiger partial charge in [0.1, 0.15) is 24.2 Å². The van der Waals surface area contributed by atoms with Crippen LogP contribution in [0.5, 0.6) is 5.75 Å². The maximum atomic E-state index is 12.4. The summed E-state index contributed by atoms with van der Waals surface area (Å²) >= 11 is 5.89. The lowest BCUT2D eigenvalue weighted by molar-refractivity contribution is -0.389. The molecule has 10 nitrogen and oxygen atoms in total. The summed E-state index contributed by atoms with van der Waals surface area (Å²) in [5.74, 6) is 0.302. The second-order valence-corrected chi connectivity index (χ2v) is 9.35. The van der Waals surface area contributed by atoms with Crippen LogP contribution in [-0.2, 0) is 24.2 Å². The summed E-state index contributed by atoms with van der Waals surface area (Å²) < 4.78 is 12.7. The van der Waals surface area contributed by atoms with E-state index in [4.69, 9.17) is 21.1 Å². The molecule has 1 aliphatic heterocycles. The van der Waals surface area contributed by atoms with E-state index in [1.807, 2.05) is 39.0 Å². The summed E-state index contributed by atoms with van der Waals surface area (Å²) in [7, 11) is 0. The predicted octanol–water partition coefficient (Wildman–Crippen LogP) is 3.96. The zero-order valence-electron chi connectivity index (χ0n) is 19.0. The smallest absolute Gasteiger partial charge is 0.410 e. The largest absolute Gasteiger partial charge is 0.491 e. The van der Waals surface area contributed by atoms with Crippen molar-refractivity contribution in [3.05, 3.63) is 50.9 Å². The van der Waals surface area contributed by atoms with E-state index in [2.05, 4.69) is 4.98 Å². The van der Waals surface area contributed by atoms with E-state index < -0.39 is 16.6 Å². The quantitative estimate of drug-likeness (QED) is 0.470. The van der Waals surface area contributed by atoms with Crippen molar-refractivity contribution in [2.24, 2.45) is 0 Å². The van der Waals surface area contributed by atoms with Crippen LogP contribution in [0.25, 0.3) is 0 Å². The third-order valence-electron chi connectivity index (χ3n) is 5.11. The van der Waals surface area contributed by atoms with E-state index in [0.717, 1.165) is 24.0 Å². The minimum atomic E-state index is -0.788. The number of fused-ring (bicyclic) bond motifs is 1. The van der Waals surface area contributed by atoms with Gasteiger partial charge < -0.3 is 29.6 Å². The molecule has 33 heavy (non-hydrogen) atoms. The number of nitro groups is 1. The molecule has 1 N–H and O–H groups in total. The standard InChI is InChI=1S/C22H29ClN4O6/c1-22(2,3)33-21(29)26-9-4-5-15-11-18(7-6-16(15)12-26)32-14-17(28)8-10-25-13-19(27(30)31)24-20(25)23/h6-7,11,13,17,28H,4-5,8-10,12,14H2,1-3H3/t17-/m1/s1. The molecule has 0 radical (unpaired) electrons.